The summed E-state index contributed by atoms with van der Waals surface area (Å²) in [7, 11) is 0. The number of hydrogen-bond donors (Lipinski definition) is 1. The maximum absolute atomic E-state index is 13.1. The van der Waals surface area contributed by atoms with Gasteiger partial charge in [0.15, 0.2) is 0 Å². The topological polar surface area (TPSA) is 35.2 Å². The minimum Gasteiger partial charge on any atom is -0.374 e. The molecule has 2 nitrogen and oxygen atoms in total. The van der Waals surface area contributed by atoms with Gasteiger partial charge in [-0.2, -0.15) is 0 Å². The van der Waals surface area contributed by atoms with Gasteiger partial charge in [0.2, 0.25) is 0 Å². The van der Waals surface area contributed by atoms with Crippen molar-refractivity contribution in [2.24, 2.45) is 5.73 Å². The molecule has 1 aromatic rings. The van der Waals surface area contributed by atoms with E-state index in [0.717, 1.165) is 37.0 Å². The Labute approximate surface area is 108 Å². The lowest BCUT2D eigenvalue weighted by Gasteiger charge is -2.39. The summed E-state index contributed by atoms with van der Waals surface area (Å²) in [4.78, 5) is 0. The molecule has 2 rings (SSSR count). The van der Waals surface area contributed by atoms with E-state index < -0.39 is 0 Å². The Morgan fingerprint density at radius 2 is 2.22 bits per heavy atom. The molecule has 0 saturated carbocycles. The molecule has 1 heterocycles. The molecule has 1 saturated heterocycles. The van der Waals surface area contributed by atoms with Crippen molar-refractivity contribution >= 4 is 0 Å². The smallest absolute Gasteiger partial charge is 0.123 e. The second kappa shape index (κ2) is 5.37. The minimum atomic E-state index is -0.237. The van der Waals surface area contributed by atoms with Gasteiger partial charge in [-0.15, -0.1) is 0 Å². The second-order valence-corrected chi connectivity index (χ2v) is 5.50. The monoisotopic (exact) mass is 251 g/mol. The molecule has 18 heavy (non-hydrogen) atoms. The lowest BCUT2D eigenvalue weighted by atomic mass is 9.84. The molecule has 1 fully saturated rings. The maximum atomic E-state index is 13.1. The average molecular weight is 251 g/mol. The third-order valence-corrected chi connectivity index (χ3v) is 4.03. The van der Waals surface area contributed by atoms with Crippen LogP contribution >= 0.6 is 0 Å². The summed E-state index contributed by atoms with van der Waals surface area (Å²) in [5.41, 5.74) is 8.14. The summed E-state index contributed by atoms with van der Waals surface area (Å²) in [6.07, 6.45) is 4.04. The fraction of sp³-hybridized carbons (Fsp3) is 0.600. The van der Waals surface area contributed by atoms with Gasteiger partial charge in [0.25, 0.3) is 0 Å². The highest BCUT2D eigenvalue weighted by atomic mass is 19.1. The van der Waals surface area contributed by atoms with E-state index in [1.54, 1.807) is 6.07 Å². The van der Waals surface area contributed by atoms with Crippen LogP contribution < -0.4 is 5.73 Å². The highest BCUT2D eigenvalue weighted by molar-refractivity contribution is 5.27. The Morgan fingerprint density at radius 1 is 1.44 bits per heavy atom. The quantitative estimate of drug-likeness (QED) is 0.896. The molecule has 1 aliphatic rings. The van der Waals surface area contributed by atoms with E-state index >= 15 is 0 Å². The maximum Gasteiger partial charge on any atom is 0.123 e. The number of hydrogen-bond acceptors (Lipinski definition) is 2. The van der Waals surface area contributed by atoms with Crippen LogP contribution in [0.15, 0.2) is 18.2 Å². The Balaban J connectivity index is 2.08. The summed E-state index contributed by atoms with van der Waals surface area (Å²) < 4.78 is 18.9. The summed E-state index contributed by atoms with van der Waals surface area (Å²) in [5, 5.41) is 0. The number of aryl methyl sites for hydroxylation is 1. The first-order chi connectivity index (χ1) is 8.51. The fourth-order valence-corrected chi connectivity index (χ4v) is 2.59. The number of rotatable bonds is 3. The Bertz CT molecular complexity index is 413. The van der Waals surface area contributed by atoms with E-state index in [1.807, 2.05) is 13.0 Å². The number of halogens is 1. The van der Waals surface area contributed by atoms with Gasteiger partial charge >= 0.3 is 0 Å². The van der Waals surface area contributed by atoms with Crippen LogP contribution in [0.5, 0.6) is 0 Å². The van der Waals surface area contributed by atoms with Gasteiger partial charge in [-0.25, -0.2) is 4.39 Å². The molecule has 2 atom stereocenters. The summed E-state index contributed by atoms with van der Waals surface area (Å²) in [6.45, 7) is 4.82. The molecule has 2 unspecified atom stereocenters. The molecular formula is C15H22FNO. The molecule has 2 N–H and O–H groups in total. The van der Waals surface area contributed by atoms with Gasteiger partial charge < -0.3 is 10.5 Å². The highest BCUT2D eigenvalue weighted by Crippen LogP contribution is 2.29. The predicted octanol–water partition coefficient (Wildman–Crippen LogP) is 2.96. The number of nitrogens with two attached hydrogens (primary N) is 1. The van der Waals surface area contributed by atoms with Gasteiger partial charge in [0.1, 0.15) is 5.82 Å². The molecule has 1 aromatic carbocycles. The molecule has 0 spiro atoms. The zero-order chi connectivity index (χ0) is 13.2. The molecule has 0 aromatic heterocycles. The normalized spacial score (nSPS) is 26.0. The molecule has 0 bridgehead atoms. The first-order valence-electron chi connectivity index (χ1n) is 6.66. The zero-order valence-corrected chi connectivity index (χ0v) is 11.2. The average Bonchev–Trinajstić information content (AvgIpc) is 2.33. The van der Waals surface area contributed by atoms with Gasteiger partial charge in [-0.1, -0.05) is 6.07 Å². The van der Waals surface area contributed by atoms with Crippen LogP contribution in [0.1, 0.15) is 37.3 Å². The van der Waals surface area contributed by atoms with E-state index in [4.69, 9.17) is 10.5 Å². The zero-order valence-electron chi connectivity index (χ0n) is 11.2. The van der Waals surface area contributed by atoms with E-state index in [9.17, 15) is 4.39 Å². The first-order valence-corrected chi connectivity index (χ1v) is 6.66. The molecule has 0 aliphatic carbocycles. The highest BCUT2D eigenvalue weighted by Gasteiger charge is 2.34. The lowest BCUT2D eigenvalue weighted by molar-refractivity contribution is -0.0808. The van der Waals surface area contributed by atoms with Crippen molar-refractivity contribution in [3.8, 4) is 0 Å². The van der Waals surface area contributed by atoms with Crippen molar-refractivity contribution in [2.45, 2.75) is 51.2 Å². The van der Waals surface area contributed by atoms with Gasteiger partial charge in [-0.05, 0) is 62.8 Å². The van der Waals surface area contributed by atoms with E-state index in [0.29, 0.717) is 0 Å². The van der Waals surface area contributed by atoms with Crippen LogP contribution in [-0.2, 0) is 11.2 Å². The molecule has 1 aliphatic heterocycles. The fourth-order valence-electron chi connectivity index (χ4n) is 2.59. The standard InChI is InChI=1S/C15H22FNO/c1-11-9-13(16)6-5-12(11)10-14(17)15(2)7-3-4-8-18-15/h5-6,9,14H,3-4,7-8,10,17H2,1-2H3. The van der Waals surface area contributed by atoms with E-state index in [-0.39, 0.29) is 17.5 Å². The summed E-state index contributed by atoms with van der Waals surface area (Å²) in [5.74, 6) is -0.190. The Kier molecular flexibility index (Phi) is 4.03. The van der Waals surface area contributed by atoms with Crippen molar-refractivity contribution in [3.05, 3.63) is 35.1 Å². The number of ether oxygens (including phenoxy) is 1. The van der Waals surface area contributed by atoms with E-state index in [2.05, 4.69) is 6.92 Å². The van der Waals surface area contributed by atoms with Crippen molar-refractivity contribution in [2.75, 3.05) is 6.61 Å². The molecular weight excluding hydrogens is 229 g/mol. The molecule has 100 valence electrons. The van der Waals surface area contributed by atoms with Gasteiger partial charge in [-0.3, -0.25) is 0 Å². The van der Waals surface area contributed by atoms with Crippen molar-refractivity contribution in [1.29, 1.82) is 0 Å². The second-order valence-electron chi connectivity index (χ2n) is 5.50. The predicted molar refractivity (Wildman–Crippen MR) is 71.0 cm³/mol. The number of benzene rings is 1. The lowest BCUT2D eigenvalue weighted by Crippen LogP contribution is -2.50. The molecule has 3 heteroatoms. The summed E-state index contributed by atoms with van der Waals surface area (Å²) in [6, 6.07) is 4.85. The van der Waals surface area contributed by atoms with Crippen LogP contribution in [0.4, 0.5) is 4.39 Å². The van der Waals surface area contributed by atoms with Crippen molar-refractivity contribution in [3.63, 3.8) is 0 Å². The van der Waals surface area contributed by atoms with Crippen LogP contribution in [0.25, 0.3) is 0 Å². The first kappa shape index (κ1) is 13.5. The molecule has 0 amide bonds. The molecule has 0 radical (unpaired) electrons. The van der Waals surface area contributed by atoms with Gasteiger partial charge in [0, 0.05) is 12.6 Å². The minimum absolute atomic E-state index is 0.0399. The third-order valence-electron chi connectivity index (χ3n) is 4.03. The van der Waals surface area contributed by atoms with Crippen LogP contribution in [0, 0.1) is 12.7 Å². The van der Waals surface area contributed by atoms with Crippen molar-refractivity contribution in [1.82, 2.24) is 0 Å². The van der Waals surface area contributed by atoms with E-state index in [1.165, 1.54) is 12.5 Å². The third kappa shape index (κ3) is 2.90. The van der Waals surface area contributed by atoms with Crippen molar-refractivity contribution < 1.29 is 9.13 Å². The van der Waals surface area contributed by atoms with Crippen LogP contribution in [0.3, 0.4) is 0 Å². The SMILES string of the molecule is Cc1cc(F)ccc1CC(N)C1(C)CCCCO1. The largest absolute Gasteiger partial charge is 0.374 e. The van der Waals surface area contributed by atoms with Gasteiger partial charge in [0.05, 0.1) is 5.60 Å². The Morgan fingerprint density at radius 3 is 2.83 bits per heavy atom. The summed E-state index contributed by atoms with van der Waals surface area (Å²) >= 11 is 0. The Hall–Kier alpha value is -0.930. The van der Waals surface area contributed by atoms with Crippen LogP contribution in [0.2, 0.25) is 0 Å². The van der Waals surface area contributed by atoms with Crippen LogP contribution in [-0.4, -0.2) is 18.2 Å².